The quantitative estimate of drug-likeness (QED) is 0.575. The first-order valence-corrected chi connectivity index (χ1v) is 5.71. The Balaban J connectivity index is 4.12. The summed E-state index contributed by atoms with van der Waals surface area (Å²) in [5, 5.41) is 14.5. The van der Waals surface area contributed by atoms with Gasteiger partial charge in [-0.2, -0.15) is 0 Å². The highest BCUT2D eigenvalue weighted by molar-refractivity contribution is 5.81. The molecule has 0 saturated heterocycles. The van der Waals surface area contributed by atoms with E-state index in [-0.39, 0.29) is 12.5 Å². The van der Waals surface area contributed by atoms with Crippen molar-refractivity contribution >= 4 is 11.9 Å². The van der Waals surface area contributed by atoms with E-state index in [1.54, 1.807) is 6.92 Å². The highest BCUT2D eigenvalue weighted by atomic mass is 16.4. The van der Waals surface area contributed by atoms with Gasteiger partial charge in [0.15, 0.2) is 0 Å². The maximum atomic E-state index is 11.3. The molecule has 0 bridgehead atoms. The van der Waals surface area contributed by atoms with Crippen LogP contribution in [0.2, 0.25) is 0 Å². The Morgan fingerprint density at radius 2 is 1.88 bits per heavy atom. The lowest BCUT2D eigenvalue weighted by Gasteiger charge is -2.25. The van der Waals surface area contributed by atoms with E-state index < -0.39 is 11.5 Å². The van der Waals surface area contributed by atoms with Crippen molar-refractivity contribution in [1.29, 1.82) is 0 Å². The van der Waals surface area contributed by atoms with Gasteiger partial charge in [-0.1, -0.05) is 20.3 Å². The third kappa shape index (κ3) is 5.11. The Kier molecular flexibility index (Phi) is 6.72. The second-order valence-electron chi connectivity index (χ2n) is 4.09. The molecule has 0 aliphatic rings. The van der Waals surface area contributed by atoms with Crippen LogP contribution in [0.15, 0.2) is 0 Å². The molecule has 0 radical (unpaired) electrons. The van der Waals surface area contributed by atoms with Crippen LogP contribution < -0.4 is 10.6 Å². The lowest BCUT2D eigenvalue weighted by atomic mass is 9.96. The first-order chi connectivity index (χ1) is 7.46. The molecular weight excluding hydrogens is 208 g/mol. The second-order valence-corrected chi connectivity index (χ2v) is 4.09. The highest BCUT2D eigenvalue weighted by Crippen LogP contribution is 2.11. The van der Waals surface area contributed by atoms with Gasteiger partial charge in [0.25, 0.3) is 0 Å². The van der Waals surface area contributed by atoms with Crippen LogP contribution in [0.25, 0.3) is 0 Å². The highest BCUT2D eigenvalue weighted by Gasteiger charge is 2.31. The van der Waals surface area contributed by atoms with Crippen molar-refractivity contribution in [2.24, 2.45) is 0 Å². The van der Waals surface area contributed by atoms with Gasteiger partial charge in [-0.05, 0) is 19.8 Å². The van der Waals surface area contributed by atoms with Gasteiger partial charge in [0.05, 0.1) is 6.54 Å². The summed E-state index contributed by atoms with van der Waals surface area (Å²) in [4.78, 5) is 22.4. The van der Waals surface area contributed by atoms with E-state index >= 15 is 0 Å². The molecule has 1 unspecified atom stereocenters. The van der Waals surface area contributed by atoms with Gasteiger partial charge in [0, 0.05) is 6.54 Å². The molecule has 0 saturated carbocycles. The largest absolute Gasteiger partial charge is 0.480 e. The van der Waals surface area contributed by atoms with Crippen molar-refractivity contribution in [3.63, 3.8) is 0 Å². The Bertz CT molecular complexity index is 243. The van der Waals surface area contributed by atoms with E-state index in [2.05, 4.69) is 10.6 Å². The summed E-state index contributed by atoms with van der Waals surface area (Å²) in [6, 6.07) is 0. The molecule has 0 aliphatic heterocycles. The van der Waals surface area contributed by atoms with Crippen molar-refractivity contribution in [3.8, 4) is 0 Å². The molecule has 16 heavy (non-hydrogen) atoms. The van der Waals surface area contributed by atoms with E-state index in [0.29, 0.717) is 13.0 Å². The van der Waals surface area contributed by atoms with E-state index in [0.717, 1.165) is 12.8 Å². The molecule has 0 aliphatic carbocycles. The van der Waals surface area contributed by atoms with Crippen molar-refractivity contribution in [2.45, 2.75) is 45.6 Å². The standard InChI is InChI=1S/C11H22N2O3/c1-4-6-11(3,10(15)16)13-8-9(14)12-7-5-2/h13H,4-8H2,1-3H3,(H,12,14)(H,15,16). The summed E-state index contributed by atoms with van der Waals surface area (Å²) in [6.07, 6.45) is 2.13. The number of carbonyl (C=O) groups is 2. The van der Waals surface area contributed by atoms with Crippen molar-refractivity contribution in [1.82, 2.24) is 10.6 Å². The van der Waals surface area contributed by atoms with Gasteiger partial charge >= 0.3 is 5.97 Å². The zero-order valence-electron chi connectivity index (χ0n) is 10.3. The van der Waals surface area contributed by atoms with Crippen LogP contribution in [-0.2, 0) is 9.59 Å². The van der Waals surface area contributed by atoms with Crippen LogP contribution in [0.4, 0.5) is 0 Å². The number of carbonyl (C=O) groups excluding carboxylic acids is 1. The molecule has 1 amide bonds. The molecule has 0 fully saturated rings. The van der Waals surface area contributed by atoms with Crippen LogP contribution >= 0.6 is 0 Å². The van der Waals surface area contributed by atoms with Crippen LogP contribution in [0, 0.1) is 0 Å². The van der Waals surface area contributed by atoms with Gasteiger partial charge < -0.3 is 10.4 Å². The second kappa shape index (κ2) is 7.22. The van der Waals surface area contributed by atoms with Gasteiger partial charge in [-0.25, -0.2) is 0 Å². The number of carboxylic acids is 1. The number of aliphatic carboxylic acids is 1. The number of hydrogen-bond donors (Lipinski definition) is 3. The fourth-order valence-corrected chi connectivity index (χ4v) is 1.37. The Labute approximate surface area is 96.6 Å². The fraction of sp³-hybridized carbons (Fsp3) is 0.818. The molecule has 0 heterocycles. The molecule has 5 nitrogen and oxygen atoms in total. The number of rotatable bonds is 8. The summed E-state index contributed by atoms with van der Waals surface area (Å²) in [5.74, 6) is -1.08. The molecule has 0 spiro atoms. The monoisotopic (exact) mass is 230 g/mol. The number of nitrogens with one attached hydrogen (secondary N) is 2. The number of carboxylic acid groups (broad SMARTS) is 1. The molecule has 0 aromatic carbocycles. The maximum Gasteiger partial charge on any atom is 0.323 e. The van der Waals surface area contributed by atoms with Crippen molar-refractivity contribution in [3.05, 3.63) is 0 Å². The van der Waals surface area contributed by atoms with Gasteiger partial charge in [-0.3, -0.25) is 14.9 Å². The van der Waals surface area contributed by atoms with Crippen LogP contribution in [0.1, 0.15) is 40.0 Å². The van der Waals surface area contributed by atoms with Crippen molar-refractivity contribution < 1.29 is 14.7 Å². The Morgan fingerprint density at radius 3 is 2.31 bits per heavy atom. The van der Waals surface area contributed by atoms with Crippen LogP contribution in [-0.4, -0.2) is 35.6 Å². The normalized spacial score (nSPS) is 14.2. The predicted octanol–water partition coefficient (Wildman–Crippen LogP) is 0.746. The molecule has 0 rings (SSSR count). The van der Waals surface area contributed by atoms with E-state index in [1.807, 2.05) is 13.8 Å². The Morgan fingerprint density at radius 1 is 1.25 bits per heavy atom. The summed E-state index contributed by atoms with van der Waals surface area (Å²) in [7, 11) is 0. The lowest BCUT2D eigenvalue weighted by Crippen LogP contribution is -2.52. The smallest absolute Gasteiger partial charge is 0.323 e. The molecule has 5 heteroatoms. The van der Waals surface area contributed by atoms with E-state index in [1.165, 1.54) is 0 Å². The molecule has 94 valence electrons. The number of amides is 1. The van der Waals surface area contributed by atoms with Gasteiger partial charge in [-0.15, -0.1) is 0 Å². The predicted molar refractivity (Wildman–Crippen MR) is 62.3 cm³/mol. The first kappa shape index (κ1) is 14.9. The minimum absolute atomic E-state index is 0.0444. The average Bonchev–Trinajstić information content (AvgIpc) is 2.23. The topological polar surface area (TPSA) is 78.4 Å². The lowest BCUT2D eigenvalue weighted by molar-refractivity contribution is -0.144. The summed E-state index contributed by atoms with van der Waals surface area (Å²) < 4.78 is 0. The molecule has 0 aromatic heterocycles. The Hall–Kier alpha value is -1.10. The van der Waals surface area contributed by atoms with Crippen LogP contribution in [0.5, 0.6) is 0 Å². The molecule has 3 N–H and O–H groups in total. The minimum atomic E-state index is -1.02. The summed E-state index contributed by atoms with van der Waals surface area (Å²) >= 11 is 0. The molecule has 1 atom stereocenters. The molecular formula is C11H22N2O3. The summed E-state index contributed by atoms with van der Waals surface area (Å²) in [6.45, 7) is 6.15. The average molecular weight is 230 g/mol. The van der Waals surface area contributed by atoms with Gasteiger partial charge in [0.1, 0.15) is 5.54 Å². The van der Waals surface area contributed by atoms with Crippen LogP contribution in [0.3, 0.4) is 0 Å². The third-order valence-electron chi connectivity index (χ3n) is 2.43. The van der Waals surface area contributed by atoms with Gasteiger partial charge in [0.2, 0.25) is 5.91 Å². The fourth-order valence-electron chi connectivity index (χ4n) is 1.37. The first-order valence-electron chi connectivity index (χ1n) is 5.71. The van der Waals surface area contributed by atoms with Crippen molar-refractivity contribution in [2.75, 3.05) is 13.1 Å². The van der Waals surface area contributed by atoms with E-state index in [9.17, 15) is 9.59 Å². The number of hydrogen-bond acceptors (Lipinski definition) is 3. The van der Waals surface area contributed by atoms with E-state index in [4.69, 9.17) is 5.11 Å². The SMILES string of the molecule is CCCNC(=O)CNC(C)(CCC)C(=O)O. The zero-order chi connectivity index (χ0) is 12.6. The minimum Gasteiger partial charge on any atom is -0.480 e. The maximum absolute atomic E-state index is 11.3. The molecule has 0 aromatic rings. The third-order valence-corrected chi connectivity index (χ3v) is 2.43. The zero-order valence-corrected chi connectivity index (χ0v) is 10.3. The summed E-state index contributed by atoms with van der Waals surface area (Å²) in [5.41, 5.74) is -1.02.